The van der Waals surface area contributed by atoms with Crippen molar-refractivity contribution in [2.75, 3.05) is 24.5 Å². The first kappa shape index (κ1) is 20.0. The molecule has 0 saturated carbocycles. The number of para-hydroxylation sites is 2. The third-order valence-corrected chi connectivity index (χ3v) is 6.26. The van der Waals surface area contributed by atoms with Gasteiger partial charge in [0, 0.05) is 6.54 Å². The highest BCUT2D eigenvalue weighted by Crippen LogP contribution is 2.38. The zero-order valence-corrected chi connectivity index (χ0v) is 17.0. The summed E-state index contributed by atoms with van der Waals surface area (Å²) in [5, 5.41) is 2.77. The van der Waals surface area contributed by atoms with Gasteiger partial charge in [0.1, 0.15) is 16.4 Å². The van der Waals surface area contributed by atoms with Gasteiger partial charge in [-0.05, 0) is 43.2 Å². The molecular formula is C20H24N2O5S. The van der Waals surface area contributed by atoms with E-state index in [2.05, 4.69) is 5.32 Å². The van der Waals surface area contributed by atoms with E-state index >= 15 is 0 Å². The second-order valence-corrected chi connectivity index (χ2v) is 8.39. The SMILES string of the molecule is CCCNC(=O)[C@@H]1CN(S(=O)(=O)c2cc(C)ccc2OC)c2ccccc2O1. The monoisotopic (exact) mass is 404 g/mol. The number of sulfonamides is 1. The van der Waals surface area contributed by atoms with E-state index in [9.17, 15) is 13.2 Å². The van der Waals surface area contributed by atoms with Gasteiger partial charge in [-0.2, -0.15) is 0 Å². The quantitative estimate of drug-likeness (QED) is 0.800. The van der Waals surface area contributed by atoms with Crippen LogP contribution in [0.3, 0.4) is 0 Å². The third kappa shape index (κ3) is 3.77. The summed E-state index contributed by atoms with van der Waals surface area (Å²) < 4.78 is 39.3. The number of hydrogen-bond donors (Lipinski definition) is 1. The Kier molecular flexibility index (Phi) is 5.79. The maximum atomic E-state index is 13.5. The van der Waals surface area contributed by atoms with E-state index in [1.165, 1.54) is 11.4 Å². The zero-order chi connectivity index (χ0) is 20.3. The molecule has 0 bridgehead atoms. The molecule has 0 radical (unpaired) electrons. The first-order chi connectivity index (χ1) is 13.4. The second kappa shape index (κ2) is 8.10. The molecule has 1 N–H and O–H groups in total. The first-order valence-electron chi connectivity index (χ1n) is 9.09. The van der Waals surface area contributed by atoms with E-state index in [4.69, 9.17) is 9.47 Å². The van der Waals surface area contributed by atoms with Crippen molar-refractivity contribution in [3.63, 3.8) is 0 Å². The van der Waals surface area contributed by atoms with Crippen molar-refractivity contribution in [1.82, 2.24) is 5.32 Å². The van der Waals surface area contributed by atoms with Crippen molar-refractivity contribution in [2.24, 2.45) is 0 Å². The molecule has 0 unspecified atom stereocenters. The molecule has 1 heterocycles. The zero-order valence-electron chi connectivity index (χ0n) is 16.1. The van der Waals surface area contributed by atoms with E-state index in [-0.39, 0.29) is 23.1 Å². The van der Waals surface area contributed by atoms with Crippen LogP contribution in [0.4, 0.5) is 5.69 Å². The fraction of sp³-hybridized carbons (Fsp3) is 0.350. The van der Waals surface area contributed by atoms with Gasteiger partial charge in [-0.25, -0.2) is 8.42 Å². The van der Waals surface area contributed by atoms with Crippen LogP contribution >= 0.6 is 0 Å². The molecule has 1 atom stereocenters. The largest absolute Gasteiger partial charge is 0.495 e. The Hall–Kier alpha value is -2.74. The number of carbonyl (C=O) groups is 1. The van der Waals surface area contributed by atoms with E-state index in [1.807, 2.05) is 13.8 Å². The molecule has 0 aliphatic carbocycles. The molecule has 1 aliphatic rings. The van der Waals surface area contributed by atoms with Gasteiger partial charge in [-0.3, -0.25) is 9.10 Å². The Morgan fingerprint density at radius 3 is 2.75 bits per heavy atom. The fourth-order valence-corrected chi connectivity index (χ4v) is 4.75. The van der Waals surface area contributed by atoms with Crippen LogP contribution in [0.15, 0.2) is 47.4 Å². The first-order valence-corrected chi connectivity index (χ1v) is 10.5. The maximum absolute atomic E-state index is 13.5. The van der Waals surface area contributed by atoms with Crippen molar-refractivity contribution in [2.45, 2.75) is 31.3 Å². The summed E-state index contributed by atoms with van der Waals surface area (Å²) in [5.74, 6) is 0.259. The molecule has 1 amide bonds. The van der Waals surface area contributed by atoms with E-state index in [0.29, 0.717) is 18.0 Å². The number of ether oxygens (including phenoxy) is 2. The molecular weight excluding hydrogens is 380 g/mol. The molecule has 0 aromatic heterocycles. The Balaban J connectivity index is 2.06. The Morgan fingerprint density at radius 2 is 2.04 bits per heavy atom. The van der Waals surface area contributed by atoms with Crippen molar-refractivity contribution in [1.29, 1.82) is 0 Å². The van der Waals surface area contributed by atoms with Gasteiger partial charge in [0.05, 0.1) is 19.3 Å². The normalized spacial score (nSPS) is 16.1. The van der Waals surface area contributed by atoms with Crippen LogP contribution in [0.1, 0.15) is 18.9 Å². The highest BCUT2D eigenvalue weighted by atomic mass is 32.2. The molecule has 150 valence electrons. The number of fused-ring (bicyclic) bond motifs is 1. The molecule has 28 heavy (non-hydrogen) atoms. The molecule has 0 fully saturated rings. The average Bonchev–Trinajstić information content (AvgIpc) is 2.71. The van der Waals surface area contributed by atoms with Gasteiger partial charge < -0.3 is 14.8 Å². The number of amides is 1. The minimum Gasteiger partial charge on any atom is -0.495 e. The van der Waals surface area contributed by atoms with Crippen molar-refractivity contribution in [3.05, 3.63) is 48.0 Å². The van der Waals surface area contributed by atoms with Gasteiger partial charge in [0.25, 0.3) is 15.9 Å². The number of nitrogens with one attached hydrogen (secondary N) is 1. The van der Waals surface area contributed by atoms with Crippen molar-refractivity contribution in [3.8, 4) is 11.5 Å². The predicted octanol–water partition coefficient (Wildman–Crippen LogP) is 2.49. The molecule has 8 heteroatoms. The summed E-state index contributed by atoms with van der Waals surface area (Å²) in [6.07, 6.45) is -0.163. The Labute approximate surface area is 165 Å². The summed E-state index contributed by atoms with van der Waals surface area (Å²) in [4.78, 5) is 12.5. The number of aryl methyl sites for hydroxylation is 1. The number of benzene rings is 2. The van der Waals surface area contributed by atoms with Crippen LogP contribution in [0.2, 0.25) is 0 Å². The molecule has 7 nitrogen and oxygen atoms in total. The molecule has 1 aliphatic heterocycles. The van der Waals surface area contributed by atoms with Crippen LogP contribution in [0.25, 0.3) is 0 Å². The molecule has 0 spiro atoms. The minimum atomic E-state index is -3.98. The summed E-state index contributed by atoms with van der Waals surface area (Å²) in [7, 11) is -2.55. The van der Waals surface area contributed by atoms with Crippen LogP contribution < -0.4 is 19.1 Å². The molecule has 2 aromatic rings. The van der Waals surface area contributed by atoms with Gasteiger partial charge in [0.2, 0.25) is 0 Å². The summed E-state index contributed by atoms with van der Waals surface area (Å²) in [6, 6.07) is 11.8. The summed E-state index contributed by atoms with van der Waals surface area (Å²) in [6.45, 7) is 4.13. The summed E-state index contributed by atoms with van der Waals surface area (Å²) in [5.41, 5.74) is 1.18. The van der Waals surface area contributed by atoms with E-state index in [0.717, 1.165) is 12.0 Å². The third-order valence-electron chi connectivity index (χ3n) is 4.46. The van der Waals surface area contributed by atoms with E-state index in [1.54, 1.807) is 42.5 Å². The van der Waals surface area contributed by atoms with Crippen molar-refractivity contribution < 1.29 is 22.7 Å². The highest BCUT2D eigenvalue weighted by Gasteiger charge is 2.38. The highest BCUT2D eigenvalue weighted by molar-refractivity contribution is 7.93. The standard InChI is InChI=1S/C20H24N2O5S/c1-4-11-21-20(23)18-13-22(15-7-5-6-8-16(15)27-18)28(24,25)19-12-14(2)9-10-17(19)26-3/h5-10,12,18H,4,11,13H2,1-3H3,(H,21,23)/t18-/m0/s1. The lowest BCUT2D eigenvalue weighted by atomic mass is 10.2. The van der Waals surface area contributed by atoms with Gasteiger partial charge >= 0.3 is 0 Å². The Morgan fingerprint density at radius 1 is 1.29 bits per heavy atom. The van der Waals surface area contributed by atoms with Gasteiger partial charge in [-0.1, -0.05) is 25.1 Å². The van der Waals surface area contributed by atoms with Crippen LogP contribution in [0, 0.1) is 6.92 Å². The van der Waals surface area contributed by atoms with Gasteiger partial charge in [0.15, 0.2) is 6.10 Å². The van der Waals surface area contributed by atoms with Crippen LogP contribution in [0.5, 0.6) is 11.5 Å². The van der Waals surface area contributed by atoms with E-state index < -0.39 is 16.1 Å². The van der Waals surface area contributed by atoms with Crippen LogP contribution in [-0.4, -0.2) is 40.6 Å². The predicted molar refractivity (Wildman–Crippen MR) is 106 cm³/mol. The fourth-order valence-electron chi connectivity index (χ4n) is 3.03. The molecule has 3 rings (SSSR count). The number of nitrogens with zero attached hydrogens (tertiary/aromatic N) is 1. The number of carbonyl (C=O) groups excluding carboxylic acids is 1. The lowest BCUT2D eigenvalue weighted by Gasteiger charge is -2.35. The lowest BCUT2D eigenvalue weighted by molar-refractivity contribution is -0.127. The van der Waals surface area contributed by atoms with Crippen LogP contribution in [-0.2, 0) is 14.8 Å². The summed E-state index contributed by atoms with van der Waals surface area (Å²) >= 11 is 0. The number of hydrogen-bond acceptors (Lipinski definition) is 5. The smallest absolute Gasteiger partial charge is 0.268 e. The number of methoxy groups -OCH3 is 1. The molecule has 2 aromatic carbocycles. The lowest BCUT2D eigenvalue weighted by Crippen LogP contribution is -2.50. The Bertz CT molecular complexity index is 974. The topological polar surface area (TPSA) is 84.9 Å². The molecule has 0 saturated heterocycles. The number of anilines is 1. The number of rotatable bonds is 6. The van der Waals surface area contributed by atoms with Gasteiger partial charge in [-0.15, -0.1) is 0 Å². The minimum absolute atomic E-state index is 0.0550. The average molecular weight is 404 g/mol. The maximum Gasteiger partial charge on any atom is 0.268 e. The second-order valence-electron chi connectivity index (χ2n) is 6.56. The van der Waals surface area contributed by atoms with Crippen molar-refractivity contribution >= 4 is 21.6 Å².